The van der Waals surface area contributed by atoms with Gasteiger partial charge in [0.1, 0.15) is 11.5 Å². The summed E-state index contributed by atoms with van der Waals surface area (Å²) < 4.78 is 0. The van der Waals surface area contributed by atoms with E-state index in [1.165, 1.54) is 6.07 Å². The lowest BCUT2D eigenvalue weighted by molar-refractivity contribution is 0.0697. The molecule has 0 aliphatic heterocycles. The molecule has 0 saturated heterocycles. The van der Waals surface area contributed by atoms with Gasteiger partial charge in [0.15, 0.2) is 0 Å². The van der Waals surface area contributed by atoms with Gasteiger partial charge in [0.25, 0.3) is 0 Å². The topological polar surface area (TPSA) is 76.0 Å². The number of nitrogens with zero attached hydrogens (tertiary/aromatic N) is 3. The zero-order valence-electron chi connectivity index (χ0n) is 13.5. The number of hydrogen-bond acceptors (Lipinski definition) is 4. The molecule has 1 aromatic carbocycles. The lowest BCUT2D eigenvalue weighted by Crippen LogP contribution is -2.06. The van der Waals surface area contributed by atoms with E-state index in [-0.39, 0.29) is 11.5 Å². The molecule has 0 saturated carbocycles. The largest absolute Gasteiger partial charge is 0.478 e. The fourth-order valence-electron chi connectivity index (χ4n) is 2.38. The maximum Gasteiger partial charge on any atom is 0.337 e. The summed E-state index contributed by atoms with van der Waals surface area (Å²) in [5.74, 6) is -0.248. The molecule has 0 radical (unpaired) electrons. The molecule has 0 aliphatic rings. The third kappa shape index (κ3) is 3.15. The predicted octanol–water partition coefficient (Wildman–Crippen LogP) is 4.03. The Bertz CT molecular complexity index is 877. The van der Waals surface area contributed by atoms with Crippen molar-refractivity contribution >= 4 is 5.97 Å². The highest BCUT2D eigenvalue weighted by Gasteiger charge is 2.17. The molecule has 120 valence electrons. The SMILES string of the molecule is CC(C)c1nc(-c2ccccc2)cc(-c2ncccc2C(=O)O)n1. The van der Waals surface area contributed by atoms with Gasteiger partial charge in [-0.2, -0.15) is 0 Å². The van der Waals surface area contributed by atoms with Crippen molar-refractivity contribution < 1.29 is 9.90 Å². The first-order valence-electron chi connectivity index (χ1n) is 7.69. The van der Waals surface area contributed by atoms with Crippen LogP contribution >= 0.6 is 0 Å². The number of aromatic nitrogens is 3. The zero-order chi connectivity index (χ0) is 17.1. The molecular formula is C19H17N3O2. The molecule has 0 bridgehead atoms. The minimum Gasteiger partial charge on any atom is -0.478 e. The molecule has 0 spiro atoms. The molecule has 3 aromatic rings. The Morgan fingerprint density at radius 1 is 1.00 bits per heavy atom. The van der Waals surface area contributed by atoms with Gasteiger partial charge in [0.05, 0.1) is 17.0 Å². The molecule has 2 aromatic heterocycles. The number of hydrogen-bond donors (Lipinski definition) is 1. The number of aromatic carboxylic acids is 1. The molecule has 0 fully saturated rings. The highest BCUT2D eigenvalue weighted by Crippen LogP contribution is 2.26. The van der Waals surface area contributed by atoms with Crippen molar-refractivity contribution in [3.63, 3.8) is 0 Å². The van der Waals surface area contributed by atoms with Crippen LogP contribution in [0.15, 0.2) is 54.7 Å². The van der Waals surface area contributed by atoms with Gasteiger partial charge in [0.2, 0.25) is 0 Å². The zero-order valence-corrected chi connectivity index (χ0v) is 13.5. The van der Waals surface area contributed by atoms with E-state index in [1.807, 2.05) is 44.2 Å². The molecule has 5 nitrogen and oxygen atoms in total. The van der Waals surface area contributed by atoms with Crippen molar-refractivity contribution in [2.45, 2.75) is 19.8 Å². The second kappa shape index (κ2) is 6.58. The van der Waals surface area contributed by atoms with Crippen molar-refractivity contribution in [3.8, 4) is 22.6 Å². The van der Waals surface area contributed by atoms with Gasteiger partial charge < -0.3 is 5.11 Å². The van der Waals surface area contributed by atoms with E-state index in [0.717, 1.165) is 11.3 Å². The van der Waals surface area contributed by atoms with Gasteiger partial charge in [-0.1, -0.05) is 44.2 Å². The van der Waals surface area contributed by atoms with Crippen LogP contribution in [0, 0.1) is 0 Å². The lowest BCUT2D eigenvalue weighted by Gasteiger charge is -2.11. The first-order chi connectivity index (χ1) is 11.6. The monoisotopic (exact) mass is 319 g/mol. The van der Waals surface area contributed by atoms with Crippen LogP contribution in [0.2, 0.25) is 0 Å². The molecule has 5 heteroatoms. The molecule has 3 rings (SSSR count). The first kappa shape index (κ1) is 15.8. The Kier molecular flexibility index (Phi) is 4.33. The van der Waals surface area contributed by atoms with Gasteiger partial charge in [-0.15, -0.1) is 0 Å². The maximum absolute atomic E-state index is 11.5. The van der Waals surface area contributed by atoms with Gasteiger partial charge in [-0.3, -0.25) is 4.98 Å². The summed E-state index contributed by atoms with van der Waals surface area (Å²) in [5.41, 5.74) is 2.71. The Morgan fingerprint density at radius 3 is 2.38 bits per heavy atom. The van der Waals surface area contributed by atoms with Crippen LogP contribution in [0.1, 0.15) is 35.9 Å². The smallest absolute Gasteiger partial charge is 0.337 e. The fourth-order valence-corrected chi connectivity index (χ4v) is 2.38. The van der Waals surface area contributed by atoms with E-state index in [2.05, 4.69) is 15.0 Å². The number of rotatable bonds is 4. The first-order valence-corrected chi connectivity index (χ1v) is 7.69. The van der Waals surface area contributed by atoms with E-state index >= 15 is 0 Å². The molecular weight excluding hydrogens is 302 g/mol. The van der Waals surface area contributed by atoms with Crippen molar-refractivity contribution in [2.24, 2.45) is 0 Å². The Morgan fingerprint density at radius 2 is 1.71 bits per heavy atom. The lowest BCUT2D eigenvalue weighted by atomic mass is 10.1. The second-order valence-electron chi connectivity index (χ2n) is 5.72. The molecule has 0 atom stereocenters. The van der Waals surface area contributed by atoms with Crippen molar-refractivity contribution in [1.29, 1.82) is 0 Å². The van der Waals surface area contributed by atoms with E-state index in [1.54, 1.807) is 18.3 Å². The van der Waals surface area contributed by atoms with E-state index in [4.69, 9.17) is 0 Å². The summed E-state index contributed by atoms with van der Waals surface area (Å²) >= 11 is 0. The molecule has 0 aliphatic carbocycles. The van der Waals surface area contributed by atoms with Crippen LogP contribution in [0.25, 0.3) is 22.6 Å². The van der Waals surface area contributed by atoms with Crippen molar-refractivity contribution in [3.05, 3.63) is 66.1 Å². The number of benzene rings is 1. The van der Waals surface area contributed by atoms with Crippen LogP contribution in [0.4, 0.5) is 0 Å². The van der Waals surface area contributed by atoms with Crippen molar-refractivity contribution in [2.75, 3.05) is 0 Å². The quantitative estimate of drug-likeness (QED) is 0.785. The van der Waals surface area contributed by atoms with Crippen LogP contribution in [-0.4, -0.2) is 26.0 Å². The number of carboxylic acid groups (broad SMARTS) is 1. The molecule has 2 heterocycles. The summed E-state index contributed by atoms with van der Waals surface area (Å²) in [6, 6.07) is 14.7. The minimum absolute atomic E-state index is 0.115. The van der Waals surface area contributed by atoms with E-state index in [0.29, 0.717) is 17.2 Å². The summed E-state index contributed by atoms with van der Waals surface area (Å²) in [7, 11) is 0. The van der Waals surface area contributed by atoms with Crippen LogP contribution in [-0.2, 0) is 0 Å². The van der Waals surface area contributed by atoms with Gasteiger partial charge in [0, 0.05) is 17.7 Å². The Hall–Kier alpha value is -3.08. The highest BCUT2D eigenvalue weighted by atomic mass is 16.4. The summed E-state index contributed by atoms with van der Waals surface area (Å²) in [6.45, 7) is 4.01. The average molecular weight is 319 g/mol. The number of carboxylic acids is 1. The van der Waals surface area contributed by atoms with Crippen LogP contribution in [0.3, 0.4) is 0 Å². The second-order valence-corrected chi connectivity index (χ2v) is 5.72. The Labute approximate surface area is 140 Å². The number of pyridine rings is 1. The van der Waals surface area contributed by atoms with Crippen LogP contribution in [0.5, 0.6) is 0 Å². The molecule has 0 amide bonds. The van der Waals surface area contributed by atoms with Gasteiger partial charge in [-0.25, -0.2) is 14.8 Å². The predicted molar refractivity (Wildman–Crippen MR) is 91.7 cm³/mol. The standard InChI is InChI=1S/C19H17N3O2/c1-12(2)18-21-15(13-7-4-3-5-8-13)11-16(22-18)17-14(19(23)24)9-6-10-20-17/h3-12H,1-2H3,(H,23,24). The Balaban J connectivity index is 2.22. The van der Waals surface area contributed by atoms with Crippen LogP contribution < -0.4 is 0 Å². The molecule has 1 N–H and O–H groups in total. The summed E-state index contributed by atoms with van der Waals surface area (Å²) in [4.78, 5) is 24.9. The average Bonchev–Trinajstić information content (AvgIpc) is 2.62. The normalized spacial score (nSPS) is 10.8. The third-order valence-corrected chi connectivity index (χ3v) is 3.61. The molecule has 0 unspecified atom stereocenters. The highest BCUT2D eigenvalue weighted by molar-refractivity contribution is 5.94. The third-order valence-electron chi connectivity index (χ3n) is 3.61. The van der Waals surface area contributed by atoms with Gasteiger partial charge >= 0.3 is 5.97 Å². The van der Waals surface area contributed by atoms with E-state index in [9.17, 15) is 9.90 Å². The molecule has 24 heavy (non-hydrogen) atoms. The minimum atomic E-state index is -1.02. The number of carbonyl (C=O) groups is 1. The van der Waals surface area contributed by atoms with E-state index < -0.39 is 5.97 Å². The summed E-state index contributed by atoms with van der Waals surface area (Å²) in [5, 5.41) is 9.41. The van der Waals surface area contributed by atoms with Gasteiger partial charge in [-0.05, 0) is 18.2 Å². The maximum atomic E-state index is 11.5. The fraction of sp³-hybridized carbons (Fsp3) is 0.158. The van der Waals surface area contributed by atoms with Crippen molar-refractivity contribution in [1.82, 2.24) is 15.0 Å². The summed E-state index contributed by atoms with van der Waals surface area (Å²) in [6.07, 6.45) is 1.57.